The monoisotopic (exact) mass is 337 g/mol. The highest BCUT2D eigenvalue weighted by Gasteiger charge is 2.13. The average Bonchev–Trinajstić information content (AvgIpc) is 3.01. The fraction of sp³-hybridized carbons (Fsp3) is 0.350. The smallest absolute Gasteiger partial charge is 0.226 e. The molecule has 5 heteroatoms. The van der Waals surface area contributed by atoms with Crippen LogP contribution in [0.25, 0.3) is 11.5 Å². The van der Waals surface area contributed by atoms with Crippen molar-refractivity contribution >= 4 is 0 Å². The third-order valence-electron chi connectivity index (χ3n) is 3.95. The largest absolute Gasteiger partial charge is 0.471 e. The number of benzene rings is 1. The van der Waals surface area contributed by atoms with Gasteiger partial charge in [-0.3, -0.25) is 0 Å². The second-order valence-corrected chi connectivity index (χ2v) is 6.23. The summed E-state index contributed by atoms with van der Waals surface area (Å²) in [6.07, 6.45) is 0.776. The summed E-state index contributed by atoms with van der Waals surface area (Å²) < 4.78 is 11.7. The first-order valence-electron chi connectivity index (χ1n) is 8.59. The van der Waals surface area contributed by atoms with E-state index < -0.39 is 0 Å². The first kappa shape index (κ1) is 17.1. The van der Waals surface area contributed by atoms with Gasteiger partial charge < -0.3 is 9.15 Å². The topological polar surface area (TPSA) is 61.0 Å². The third kappa shape index (κ3) is 4.05. The average molecular weight is 337 g/mol. The van der Waals surface area contributed by atoms with Crippen LogP contribution >= 0.6 is 0 Å². The van der Waals surface area contributed by atoms with Crippen molar-refractivity contribution in [2.24, 2.45) is 0 Å². The van der Waals surface area contributed by atoms with Crippen molar-refractivity contribution in [3.8, 4) is 17.3 Å². The highest BCUT2D eigenvalue weighted by Crippen LogP contribution is 2.23. The molecular formula is C20H23N3O2. The molecule has 2 aromatic heterocycles. The first-order chi connectivity index (χ1) is 12.1. The highest BCUT2D eigenvalue weighted by atomic mass is 16.5. The van der Waals surface area contributed by atoms with Gasteiger partial charge in [0.15, 0.2) is 0 Å². The maximum Gasteiger partial charge on any atom is 0.226 e. The molecule has 25 heavy (non-hydrogen) atoms. The molecule has 0 radical (unpaired) electrons. The van der Waals surface area contributed by atoms with E-state index in [2.05, 4.69) is 28.8 Å². The Labute approximate surface area is 148 Å². The lowest BCUT2D eigenvalue weighted by Crippen LogP contribution is -2.05. The molecule has 2 heterocycles. The molecule has 0 fully saturated rings. The number of oxazole rings is 1. The van der Waals surface area contributed by atoms with E-state index >= 15 is 0 Å². The molecule has 0 bridgehead atoms. The van der Waals surface area contributed by atoms with Crippen molar-refractivity contribution in [3.05, 3.63) is 59.4 Å². The maximum absolute atomic E-state index is 5.88. The van der Waals surface area contributed by atoms with E-state index in [-0.39, 0.29) is 0 Å². The van der Waals surface area contributed by atoms with Gasteiger partial charge in [-0.05, 0) is 25.0 Å². The summed E-state index contributed by atoms with van der Waals surface area (Å²) in [5.74, 6) is 3.07. The van der Waals surface area contributed by atoms with Gasteiger partial charge in [0.1, 0.15) is 23.9 Å². The molecule has 0 spiro atoms. The SMILES string of the molecule is CCc1nc(OCc2nc(-c3ccccc3)oc2C)cc(C(C)C)n1. The highest BCUT2D eigenvalue weighted by molar-refractivity contribution is 5.53. The van der Waals surface area contributed by atoms with E-state index in [1.807, 2.05) is 50.2 Å². The summed E-state index contributed by atoms with van der Waals surface area (Å²) in [6.45, 7) is 8.48. The van der Waals surface area contributed by atoms with Gasteiger partial charge in [-0.2, -0.15) is 4.98 Å². The molecule has 0 atom stereocenters. The Hall–Kier alpha value is -2.69. The van der Waals surface area contributed by atoms with Crippen molar-refractivity contribution in [3.63, 3.8) is 0 Å². The van der Waals surface area contributed by atoms with Crippen LogP contribution < -0.4 is 4.74 Å². The number of ether oxygens (including phenoxy) is 1. The van der Waals surface area contributed by atoms with E-state index in [4.69, 9.17) is 9.15 Å². The Kier molecular flexibility index (Phi) is 5.12. The molecular weight excluding hydrogens is 314 g/mol. The third-order valence-corrected chi connectivity index (χ3v) is 3.95. The zero-order valence-electron chi connectivity index (χ0n) is 15.1. The molecule has 3 rings (SSSR count). The predicted octanol–water partition coefficient (Wildman–Crippen LogP) is 4.70. The summed E-state index contributed by atoms with van der Waals surface area (Å²) in [7, 11) is 0. The lowest BCUT2D eigenvalue weighted by molar-refractivity contribution is 0.285. The van der Waals surface area contributed by atoms with Crippen LogP contribution in [0.3, 0.4) is 0 Å². The summed E-state index contributed by atoms with van der Waals surface area (Å²) in [5, 5.41) is 0. The van der Waals surface area contributed by atoms with Crippen LogP contribution in [0, 0.1) is 6.92 Å². The van der Waals surface area contributed by atoms with Gasteiger partial charge in [0.25, 0.3) is 0 Å². The molecule has 0 unspecified atom stereocenters. The van der Waals surface area contributed by atoms with Crippen molar-refractivity contribution in [1.82, 2.24) is 15.0 Å². The Morgan fingerprint density at radius 3 is 2.52 bits per heavy atom. The van der Waals surface area contributed by atoms with Gasteiger partial charge >= 0.3 is 0 Å². The summed E-state index contributed by atoms with van der Waals surface area (Å²) in [4.78, 5) is 13.6. The van der Waals surface area contributed by atoms with Crippen LogP contribution in [0.5, 0.6) is 5.88 Å². The van der Waals surface area contributed by atoms with Crippen LogP contribution in [0.15, 0.2) is 40.8 Å². The first-order valence-corrected chi connectivity index (χ1v) is 8.59. The standard InChI is InChI=1S/C20H23N3O2/c1-5-18-21-16(13(2)3)11-19(23-18)24-12-17-14(4)25-20(22-17)15-9-7-6-8-10-15/h6-11,13H,5,12H2,1-4H3. The van der Waals surface area contributed by atoms with Crippen molar-refractivity contribution in [2.75, 3.05) is 0 Å². The number of rotatable bonds is 6. The molecule has 0 saturated heterocycles. The van der Waals surface area contributed by atoms with Gasteiger partial charge in [0.2, 0.25) is 11.8 Å². The fourth-order valence-electron chi connectivity index (χ4n) is 2.43. The van der Waals surface area contributed by atoms with Gasteiger partial charge in [-0.25, -0.2) is 9.97 Å². The summed E-state index contributed by atoms with van der Waals surface area (Å²) in [5.41, 5.74) is 2.72. The van der Waals surface area contributed by atoms with Crippen molar-refractivity contribution in [1.29, 1.82) is 0 Å². The number of hydrogen-bond donors (Lipinski definition) is 0. The van der Waals surface area contributed by atoms with Crippen molar-refractivity contribution in [2.45, 2.75) is 46.6 Å². The Balaban J connectivity index is 1.78. The second-order valence-electron chi connectivity index (χ2n) is 6.23. The molecule has 0 aliphatic rings. The predicted molar refractivity (Wildman–Crippen MR) is 96.5 cm³/mol. The molecule has 5 nitrogen and oxygen atoms in total. The van der Waals surface area contributed by atoms with Crippen LogP contribution in [0.1, 0.15) is 49.7 Å². The molecule has 0 aliphatic carbocycles. The van der Waals surface area contributed by atoms with E-state index in [9.17, 15) is 0 Å². The Morgan fingerprint density at radius 1 is 1.08 bits per heavy atom. The minimum Gasteiger partial charge on any atom is -0.471 e. The van der Waals surface area contributed by atoms with Crippen LogP contribution in [-0.2, 0) is 13.0 Å². The van der Waals surface area contributed by atoms with E-state index in [1.54, 1.807) is 0 Å². The zero-order chi connectivity index (χ0) is 17.8. The Bertz CT molecular complexity index is 841. The quantitative estimate of drug-likeness (QED) is 0.652. The lowest BCUT2D eigenvalue weighted by Gasteiger charge is -2.10. The van der Waals surface area contributed by atoms with E-state index in [0.29, 0.717) is 24.3 Å². The normalized spacial score (nSPS) is 11.1. The van der Waals surface area contributed by atoms with Crippen LogP contribution in [0.4, 0.5) is 0 Å². The van der Waals surface area contributed by atoms with Gasteiger partial charge in [0.05, 0.1) is 5.69 Å². The lowest BCUT2D eigenvalue weighted by atomic mass is 10.1. The summed E-state index contributed by atoms with van der Waals surface area (Å²) in [6, 6.07) is 11.7. The molecule has 0 saturated carbocycles. The van der Waals surface area contributed by atoms with Crippen LogP contribution in [-0.4, -0.2) is 15.0 Å². The van der Waals surface area contributed by atoms with Gasteiger partial charge in [0, 0.05) is 18.1 Å². The molecule has 1 aromatic carbocycles. The van der Waals surface area contributed by atoms with Gasteiger partial charge in [-0.1, -0.05) is 39.0 Å². The molecule has 3 aromatic rings. The van der Waals surface area contributed by atoms with Gasteiger partial charge in [-0.15, -0.1) is 0 Å². The number of aromatic nitrogens is 3. The molecule has 130 valence electrons. The van der Waals surface area contributed by atoms with Crippen LogP contribution in [0.2, 0.25) is 0 Å². The Morgan fingerprint density at radius 2 is 1.84 bits per heavy atom. The van der Waals surface area contributed by atoms with E-state index in [1.165, 1.54) is 0 Å². The van der Waals surface area contributed by atoms with E-state index in [0.717, 1.165) is 35.0 Å². The molecule has 0 amide bonds. The summed E-state index contributed by atoms with van der Waals surface area (Å²) >= 11 is 0. The molecule has 0 aliphatic heterocycles. The minimum absolute atomic E-state index is 0.319. The molecule has 0 N–H and O–H groups in total. The zero-order valence-corrected chi connectivity index (χ0v) is 15.1. The number of hydrogen-bond acceptors (Lipinski definition) is 5. The maximum atomic E-state index is 5.88. The number of aryl methyl sites for hydroxylation is 2. The number of nitrogens with zero attached hydrogens (tertiary/aromatic N) is 3. The minimum atomic E-state index is 0.319. The van der Waals surface area contributed by atoms with Crippen molar-refractivity contribution < 1.29 is 9.15 Å². The fourth-order valence-corrected chi connectivity index (χ4v) is 2.43. The second kappa shape index (κ2) is 7.47.